The van der Waals surface area contributed by atoms with Crippen molar-refractivity contribution in [2.24, 2.45) is 0 Å². The summed E-state index contributed by atoms with van der Waals surface area (Å²) in [7, 11) is 0. The average molecular weight is 1500 g/mol. The second-order valence-corrected chi connectivity index (χ2v) is 31.2. The highest BCUT2D eigenvalue weighted by Gasteiger charge is 2.54. The number of halogens is 1. The zero-order valence-corrected chi connectivity index (χ0v) is 63.3. The maximum Gasteiger partial charge on any atom is 0.0725 e. The van der Waals surface area contributed by atoms with Crippen molar-refractivity contribution in [3.8, 4) is 66.8 Å². The Labute approximate surface area is 665 Å². The van der Waals surface area contributed by atoms with Crippen LogP contribution in [0, 0.1) is 0 Å². The van der Waals surface area contributed by atoms with Gasteiger partial charge in [0.05, 0.1) is 16.5 Å². The molecule has 0 atom stereocenters. The van der Waals surface area contributed by atoms with E-state index in [0.717, 1.165) is 32.9 Å². The highest BCUT2D eigenvalue weighted by molar-refractivity contribution is 9.10. The van der Waals surface area contributed by atoms with Crippen molar-refractivity contribution in [2.45, 2.75) is 10.8 Å². The van der Waals surface area contributed by atoms with Gasteiger partial charge in [-0.3, -0.25) is 0 Å². The van der Waals surface area contributed by atoms with Crippen LogP contribution in [0.2, 0.25) is 0 Å². The van der Waals surface area contributed by atoms with Gasteiger partial charge in [-0.25, -0.2) is 0 Å². The molecule has 0 radical (unpaired) electrons. The summed E-state index contributed by atoms with van der Waals surface area (Å²) in [4.78, 5) is 2.41. The molecule has 1 N–H and O–H groups in total. The van der Waals surface area contributed by atoms with Crippen molar-refractivity contribution in [1.29, 1.82) is 0 Å². The number of nitrogens with zero attached hydrogens (tertiary/aromatic N) is 1. The summed E-state index contributed by atoms with van der Waals surface area (Å²) in [5.41, 5.74) is 31.6. The van der Waals surface area contributed by atoms with Gasteiger partial charge in [-0.2, -0.15) is 0 Å². The highest BCUT2D eigenvalue weighted by atomic mass is 79.9. The Morgan fingerprint density at radius 3 is 1.09 bits per heavy atom. The van der Waals surface area contributed by atoms with Gasteiger partial charge in [0.1, 0.15) is 0 Å². The summed E-state index contributed by atoms with van der Waals surface area (Å²) in [6.45, 7) is 0. The molecule has 0 fully saturated rings. The average Bonchev–Trinajstić information content (AvgIpc) is 1.51. The van der Waals surface area contributed by atoms with E-state index in [0.29, 0.717) is 0 Å². The Bertz CT molecular complexity index is 7150. The third-order valence-electron chi connectivity index (χ3n) is 24.4. The van der Waals surface area contributed by atoms with Gasteiger partial charge >= 0.3 is 0 Å². The number of benzene rings is 20. The minimum Gasteiger partial charge on any atom is -0.355 e. The minimum absolute atomic E-state index is 0.326. The number of nitrogens with one attached hydrogen (secondary N) is 1. The molecule has 20 aromatic carbocycles. The summed E-state index contributed by atoms with van der Waals surface area (Å²) < 4.78 is 1.10. The maximum atomic E-state index is 3.59. The predicted octanol–water partition coefficient (Wildman–Crippen LogP) is 30.0. The van der Waals surface area contributed by atoms with Crippen LogP contribution in [-0.2, 0) is 10.8 Å². The van der Waals surface area contributed by atoms with Crippen LogP contribution >= 0.6 is 15.9 Å². The third kappa shape index (κ3) is 10.5. The number of fused-ring (bicyclic) bond motifs is 28. The molecule has 24 rings (SSSR count). The Morgan fingerprint density at radius 1 is 0.212 bits per heavy atom. The van der Waals surface area contributed by atoms with E-state index in [2.05, 4.69) is 451 Å². The normalized spacial score (nSPS) is 13.0. The Balaban J connectivity index is 0.000000116. The van der Waals surface area contributed by atoms with Crippen LogP contribution in [0.4, 0.5) is 28.4 Å². The van der Waals surface area contributed by atoms with Gasteiger partial charge in [0.25, 0.3) is 0 Å². The first-order chi connectivity index (χ1) is 55.9. The van der Waals surface area contributed by atoms with E-state index in [4.69, 9.17) is 0 Å². The van der Waals surface area contributed by atoms with Gasteiger partial charge in [-0.1, -0.05) is 368 Å². The highest BCUT2D eigenvalue weighted by Crippen LogP contribution is 2.66. The molecule has 4 aliphatic carbocycles. The Hall–Kier alpha value is -14.0. The van der Waals surface area contributed by atoms with Crippen molar-refractivity contribution in [3.63, 3.8) is 0 Å². The van der Waals surface area contributed by atoms with Crippen LogP contribution in [0.3, 0.4) is 0 Å². The zero-order chi connectivity index (χ0) is 74.7. The molecule has 4 aliphatic rings. The van der Waals surface area contributed by atoms with Gasteiger partial charge in [-0.05, 0) is 238 Å². The first-order valence-electron chi connectivity index (χ1n) is 39.0. The molecule has 0 bridgehead atoms. The lowest BCUT2D eigenvalue weighted by Gasteiger charge is -2.31. The van der Waals surface area contributed by atoms with Gasteiger partial charge in [0.2, 0.25) is 0 Å². The van der Waals surface area contributed by atoms with E-state index < -0.39 is 5.41 Å². The molecule has 528 valence electrons. The van der Waals surface area contributed by atoms with E-state index in [-0.39, 0.29) is 5.41 Å². The molecular weight excluding hydrogens is 1430 g/mol. The van der Waals surface area contributed by atoms with Crippen LogP contribution < -0.4 is 10.2 Å². The lowest BCUT2D eigenvalue weighted by atomic mass is 9.70. The van der Waals surface area contributed by atoms with Gasteiger partial charge in [0.15, 0.2) is 0 Å². The standard InChI is InChI=1S/C55H35N.C35H21Br.C20H15N/c1-2-15-40-34-43(31-26-36(40)12-1)56(53-23-11-16-38-13-3-5-17-44(38)53)42-29-24-37(25-30-42)41-27-32-48-52(35-41)55(51-33-28-39-14-4-6-18-45(39)54(48)51)49-21-9-7-19-46(49)47-20-8-10-22-50(47)55;36-25-17-13-22(14-18-25)24-15-19-29-33(21-24)35(32-20-16-23-7-1-2-8-26(23)34(29)32)30-11-5-3-9-27(30)28-10-4-6-12-31(28)35;1-2-8-17-14-18(13-12-15(17)6-1)21-20-11-5-9-16-7-3-4-10-19(16)20/h1-35H;1-21H;1-14,21H. The molecule has 0 aromatic heterocycles. The van der Waals surface area contributed by atoms with Crippen molar-refractivity contribution < 1.29 is 0 Å². The zero-order valence-electron chi connectivity index (χ0n) is 61.7. The Morgan fingerprint density at radius 2 is 0.575 bits per heavy atom. The minimum atomic E-state index is -0.404. The van der Waals surface area contributed by atoms with Crippen molar-refractivity contribution in [2.75, 3.05) is 10.2 Å². The summed E-state index contributed by atoms with van der Waals surface area (Å²) in [6, 6.07) is 156. The molecule has 2 nitrogen and oxygen atoms in total. The molecule has 3 heteroatoms. The number of rotatable bonds is 7. The molecule has 0 heterocycles. The van der Waals surface area contributed by atoms with Crippen molar-refractivity contribution in [3.05, 3.63) is 474 Å². The molecule has 2 spiro atoms. The largest absolute Gasteiger partial charge is 0.355 e. The second-order valence-electron chi connectivity index (χ2n) is 30.3. The molecule has 0 saturated heterocycles. The van der Waals surface area contributed by atoms with Gasteiger partial charge in [0, 0.05) is 38.0 Å². The number of anilines is 5. The fourth-order valence-corrected chi connectivity index (χ4v) is 19.8. The lowest BCUT2D eigenvalue weighted by Crippen LogP contribution is -2.25. The molecule has 113 heavy (non-hydrogen) atoms. The van der Waals surface area contributed by atoms with Crippen LogP contribution in [0.5, 0.6) is 0 Å². The predicted molar refractivity (Wildman–Crippen MR) is 480 cm³/mol. The van der Waals surface area contributed by atoms with Gasteiger partial charge in [-0.15, -0.1) is 0 Å². The van der Waals surface area contributed by atoms with Crippen molar-refractivity contribution in [1.82, 2.24) is 0 Å². The van der Waals surface area contributed by atoms with E-state index >= 15 is 0 Å². The van der Waals surface area contributed by atoms with E-state index in [1.807, 2.05) is 0 Å². The smallest absolute Gasteiger partial charge is 0.0725 e. The Kier molecular flexibility index (Phi) is 15.6. The summed E-state index contributed by atoms with van der Waals surface area (Å²) in [5.74, 6) is 0. The fourth-order valence-electron chi connectivity index (χ4n) is 19.5. The molecule has 20 aromatic rings. The first kappa shape index (κ1) is 66.1. The van der Waals surface area contributed by atoms with Gasteiger partial charge < -0.3 is 10.2 Å². The molecule has 0 aliphatic heterocycles. The van der Waals surface area contributed by atoms with Crippen molar-refractivity contribution >= 4 is 109 Å². The van der Waals surface area contributed by atoms with Crippen LogP contribution in [0.15, 0.2) is 429 Å². The number of hydrogen-bond donors (Lipinski definition) is 1. The summed E-state index contributed by atoms with van der Waals surface area (Å²) >= 11 is 3.59. The van der Waals surface area contributed by atoms with E-state index in [1.54, 1.807) is 0 Å². The van der Waals surface area contributed by atoms with E-state index in [1.165, 1.54) is 176 Å². The number of hydrogen-bond acceptors (Lipinski definition) is 2. The first-order valence-corrected chi connectivity index (χ1v) is 39.8. The van der Waals surface area contributed by atoms with Crippen LogP contribution in [0.1, 0.15) is 44.5 Å². The molecule has 0 unspecified atom stereocenters. The molecule has 0 amide bonds. The second kappa shape index (κ2) is 26.7. The summed E-state index contributed by atoms with van der Waals surface area (Å²) in [6.07, 6.45) is 0. The summed E-state index contributed by atoms with van der Waals surface area (Å²) in [5, 5.41) is 18.7. The monoisotopic (exact) mass is 1500 g/mol. The fraction of sp³-hybridized carbons (Fsp3) is 0.0182. The van der Waals surface area contributed by atoms with Crippen LogP contribution in [-0.4, -0.2) is 0 Å². The van der Waals surface area contributed by atoms with E-state index in [9.17, 15) is 0 Å². The lowest BCUT2D eigenvalue weighted by molar-refractivity contribution is 0.795. The molecule has 0 saturated carbocycles. The maximum absolute atomic E-state index is 3.59. The third-order valence-corrected chi connectivity index (χ3v) is 24.9. The van der Waals surface area contributed by atoms with Crippen LogP contribution in [0.25, 0.3) is 131 Å². The quantitative estimate of drug-likeness (QED) is 0.171. The molecular formula is C110H71BrN2. The SMILES string of the molecule is Brc1ccc(-c2ccc3c(c2)C2(c4ccccc4-c4ccccc42)c2ccc4ccccc4c2-3)cc1.c1ccc2c(c1)-c1ccccc1C21c2cc(-c3ccc(N(c4ccc5ccccc5c4)c4cccc5ccccc45)cc3)ccc2-c2c1ccc1ccccc21.c1ccc2cc(Nc3cccc4ccccc34)ccc2c1. The topological polar surface area (TPSA) is 15.3 Å².